The van der Waals surface area contributed by atoms with Gasteiger partial charge in [-0.25, -0.2) is 9.48 Å². The van der Waals surface area contributed by atoms with E-state index in [0.29, 0.717) is 32.2 Å². The van der Waals surface area contributed by atoms with Crippen molar-refractivity contribution in [3.05, 3.63) is 16.3 Å². The monoisotopic (exact) mass is 390 g/mol. The van der Waals surface area contributed by atoms with Crippen LogP contribution in [-0.2, 0) is 16.1 Å². The minimum Gasteiger partial charge on any atom is -0.383 e. The fourth-order valence-corrected chi connectivity index (χ4v) is 4.91. The van der Waals surface area contributed by atoms with E-state index in [2.05, 4.69) is 5.10 Å². The molecule has 3 fully saturated rings. The minimum absolute atomic E-state index is 0.0146. The third-order valence-corrected chi connectivity index (χ3v) is 6.70. The van der Waals surface area contributed by atoms with Gasteiger partial charge in [-0.15, -0.1) is 0 Å². The van der Waals surface area contributed by atoms with E-state index >= 15 is 0 Å². The zero-order valence-electron chi connectivity index (χ0n) is 17.1. The van der Waals surface area contributed by atoms with Gasteiger partial charge in [0.05, 0.1) is 13.2 Å². The van der Waals surface area contributed by atoms with Crippen LogP contribution in [0.3, 0.4) is 0 Å². The van der Waals surface area contributed by atoms with Gasteiger partial charge in [-0.05, 0) is 38.0 Å². The van der Waals surface area contributed by atoms with Crippen LogP contribution >= 0.6 is 0 Å². The first-order valence-electron chi connectivity index (χ1n) is 11.1. The quantitative estimate of drug-likeness (QED) is 0.684. The summed E-state index contributed by atoms with van der Waals surface area (Å²) in [6, 6.07) is 0.298. The number of methoxy groups -OCH3 is 1. The topological polar surface area (TPSA) is 69.4 Å². The number of aromatic nitrogens is 3. The first kappa shape index (κ1) is 19.7. The average molecular weight is 391 g/mol. The Balaban J connectivity index is 1.43. The van der Waals surface area contributed by atoms with Gasteiger partial charge in [-0.2, -0.15) is 5.10 Å². The Morgan fingerprint density at radius 1 is 1.14 bits per heavy atom. The van der Waals surface area contributed by atoms with Crippen molar-refractivity contribution in [2.75, 3.05) is 26.8 Å². The molecule has 0 aromatic carbocycles. The van der Waals surface area contributed by atoms with Gasteiger partial charge in [0, 0.05) is 38.6 Å². The average Bonchev–Trinajstić information content (AvgIpc) is 3.30. The van der Waals surface area contributed by atoms with Gasteiger partial charge in [-0.1, -0.05) is 25.7 Å². The molecule has 3 aliphatic rings. The molecule has 1 unspecified atom stereocenters. The number of carbonyl (C=O) groups excluding carboxylic acids is 1. The lowest BCUT2D eigenvalue weighted by molar-refractivity contribution is -0.132. The van der Waals surface area contributed by atoms with Gasteiger partial charge < -0.3 is 9.64 Å². The third kappa shape index (κ3) is 4.34. The molecule has 1 aromatic heterocycles. The third-order valence-electron chi connectivity index (χ3n) is 6.70. The molecule has 0 N–H and O–H groups in total. The van der Waals surface area contributed by atoms with Crippen LogP contribution in [0.15, 0.2) is 4.79 Å². The number of amides is 1. The molecule has 1 saturated heterocycles. The van der Waals surface area contributed by atoms with Crippen LogP contribution in [0.5, 0.6) is 0 Å². The van der Waals surface area contributed by atoms with E-state index in [-0.39, 0.29) is 17.5 Å². The Bertz CT molecular complexity index is 730. The number of hydrogen-bond acceptors (Lipinski definition) is 4. The normalized spacial score (nSPS) is 23.5. The van der Waals surface area contributed by atoms with E-state index in [0.717, 1.165) is 50.4 Å². The van der Waals surface area contributed by atoms with E-state index in [9.17, 15) is 9.59 Å². The number of rotatable bonds is 8. The molecule has 2 saturated carbocycles. The molecule has 1 aromatic rings. The van der Waals surface area contributed by atoms with Crippen molar-refractivity contribution in [1.82, 2.24) is 19.2 Å². The second-order valence-corrected chi connectivity index (χ2v) is 8.83. The molecule has 1 aliphatic heterocycles. The van der Waals surface area contributed by atoms with E-state index in [1.54, 1.807) is 11.8 Å². The molecule has 0 spiro atoms. The largest absolute Gasteiger partial charge is 0.383 e. The standard InChI is InChI=1S/C21H34N4O3/c1-28-14-13-24-21(27)25(18-9-10-18)20(22-24)17-7-4-12-23(15-17)19(26)11-8-16-5-2-3-6-16/h16-18H,2-15H2,1H3. The molecule has 1 amide bonds. The lowest BCUT2D eigenvalue weighted by Gasteiger charge is -2.32. The molecule has 28 heavy (non-hydrogen) atoms. The summed E-state index contributed by atoms with van der Waals surface area (Å²) in [7, 11) is 1.64. The molecule has 0 bridgehead atoms. The van der Waals surface area contributed by atoms with Gasteiger partial charge in [0.25, 0.3) is 0 Å². The van der Waals surface area contributed by atoms with Crippen molar-refractivity contribution < 1.29 is 9.53 Å². The van der Waals surface area contributed by atoms with E-state index in [1.807, 2.05) is 9.47 Å². The summed E-state index contributed by atoms with van der Waals surface area (Å²) in [6.45, 7) is 2.52. The molecular formula is C21H34N4O3. The fourth-order valence-electron chi connectivity index (χ4n) is 4.91. The fraction of sp³-hybridized carbons (Fsp3) is 0.857. The van der Waals surface area contributed by atoms with Crippen LogP contribution in [0, 0.1) is 5.92 Å². The summed E-state index contributed by atoms with van der Waals surface area (Å²) in [4.78, 5) is 27.6. The van der Waals surface area contributed by atoms with Crippen molar-refractivity contribution in [2.45, 2.75) is 82.7 Å². The SMILES string of the molecule is COCCn1nc(C2CCCN(C(=O)CCC3CCCC3)C2)n(C2CC2)c1=O. The number of piperidine rings is 1. The summed E-state index contributed by atoms with van der Waals surface area (Å²) in [5.74, 6) is 2.09. The maximum atomic E-state index is 12.8. The molecule has 0 radical (unpaired) electrons. The molecule has 2 aliphatic carbocycles. The number of hydrogen-bond donors (Lipinski definition) is 0. The zero-order chi connectivity index (χ0) is 19.5. The van der Waals surface area contributed by atoms with E-state index in [1.165, 1.54) is 25.7 Å². The van der Waals surface area contributed by atoms with Crippen LogP contribution in [-0.4, -0.2) is 52.0 Å². The van der Waals surface area contributed by atoms with Gasteiger partial charge in [0.15, 0.2) is 0 Å². The predicted molar refractivity (Wildman–Crippen MR) is 106 cm³/mol. The Labute approximate surface area is 167 Å². The number of nitrogens with zero attached hydrogens (tertiary/aromatic N) is 4. The highest BCUT2D eigenvalue weighted by atomic mass is 16.5. The maximum absolute atomic E-state index is 12.8. The highest BCUT2D eigenvalue weighted by molar-refractivity contribution is 5.76. The van der Waals surface area contributed by atoms with Crippen molar-refractivity contribution >= 4 is 5.91 Å². The van der Waals surface area contributed by atoms with Crippen LogP contribution in [0.2, 0.25) is 0 Å². The Hall–Kier alpha value is -1.63. The second-order valence-electron chi connectivity index (χ2n) is 8.83. The van der Waals surface area contributed by atoms with Gasteiger partial charge in [0.1, 0.15) is 5.82 Å². The van der Waals surface area contributed by atoms with Crippen LogP contribution in [0.4, 0.5) is 0 Å². The lowest BCUT2D eigenvalue weighted by atomic mass is 9.95. The zero-order valence-corrected chi connectivity index (χ0v) is 17.1. The smallest absolute Gasteiger partial charge is 0.346 e. The summed E-state index contributed by atoms with van der Waals surface area (Å²) in [5, 5.41) is 4.68. The molecule has 2 heterocycles. The van der Waals surface area contributed by atoms with Crippen molar-refractivity contribution in [3.63, 3.8) is 0 Å². The van der Waals surface area contributed by atoms with Gasteiger partial charge in [0.2, 0.25) is 5.91 Å². The van der Waals surface area contributed by atoms with E-state index < -0.39 is 0 Å². The van der Waals surface area contributed by atoms with Crippen LogP contribution in [0.1, 0.15) is 82.0 Å². The van der Waals surface area contributed by atoms with Gasteiger partial charge >= 0.3 is 5.69 Å². The second kappa shape index (κ2) is 8.80. The lowest BCUT2D eigenvalue weighted by Crippen LogP contribution is -2.40. The summed E-state index contributed by atoms with van der Waals surface area (Å²) >= 11 is 0. The maximum Gasteiger partial charge on any atom is 0.346 e. The van der Waals surface area contributed by atoms with Crippen molar-refractivity contribution in [2.24, 2.45) is 5.92 Å². The Morgan fingerprint density at radius 3 is 2.64 bits per heavy atom. The first-order chi connectivity index (χ1) is 13.7. The van der Waals surface area contributed by atoms with E-state index in [4.69, 9.17) is 4.74 Å². The number of likely N-dealkylation sites (tertiary alicyclic amines) is 1. The highest BCUT2D eigenvalue weighted by Gasteiger charge is 2.35. The van der Waals surface area contributed by atoms with Crippen molar-refractivity contribution in [3.8, 4) is 0 Å². The molecule has 7 heteroatoms. The molecule has 7 nitrogen and oxygen atoms in total. The Kier molecular flexibility index (Phi) is 6.19. The first-order valence-corrected chi connectivity index (χ1v) is 11.1. The highest BCUT2D eigenvalue weighted by Crippen LogP contribution is 2.37. The summed E-state index contributed by atoms with van der Waals surface area (Å²) in [5.41, 5.74) is -0.0146. The number of carbonyl (C=O) groups is 1. The number of ether oxygens (including phenoxy) is 1. The molecular weight excluding hydrogens is 356 g/mol. The van der Waals surface area contributed by atoms with Crippen LogP contribution < -0.4 is 5.69 Å². The predicted octanol–water partition coefficient (Wildman–Crippen LogP) is 2.70. The molecule has 1 atom stereocenters. The summed E-state index contributed by atoms with van der Waals surface area (Å²) < 4.78 is 8.59. The van der Waals surface area contributed by atoms with Crippen LogP contribution in [0.25, 0.3) is 0 Å². The summed E-state index contributed by atoms with van der Waals surface area (Å²) in [6.07, 6.45) is 11.1. The minimum atomic E-state index is -0.0146. The van der Waals surface area contributed by atoms with Crippen molar-refractivity contribution in [1.29, 1.82) is 0 Å². The Morgan fingerprint density at radius 2 is 1.93 bits per heavy atom. The van der Waals surface area contributed by atoms with Gasteiger partial charge in [-0.3, -0.25) is 9.36 Å². The molecule has 156 valence electrons. The molecule has 4 rings (SSSR count).